The molecule has 2 heterocycles. The average molecular weight is 493 g/mol. The summed E-state index contributed by atoms with van der Waals surface area (Å²) in [4.78, 5) is 7.19. The van der Waals surface area contributed by atoms with Crippen molar-refractivity contribution in [2.75, 3.05) is 44.3 Å². The number of guanidine groups is 1. The van der Waals surface area contributed by atoms with E-state index in [0.717, 1.165) is 63.2 Å². The Morgan fingerprint density at radius 2 is 2.31 bits per heavy atom. The summed E-state index contributed by atoms with van der Waals surface area (Å²) in [6.45, 7) is 9.67. The molecule has 0 aromatic heterocycles. The zero-order chi connectivity index (χ0) is 17.7. The zero-order valence-corrected chi connectivity index (χ0v) is 18.7. The molecule has 2 aliphatic rings. The highest BCUT2D eigenvalue weighted by atomic mass is 127. The van der Waals surface area contributed by atoms with E-state index >= 15 is 0 Å². The van der Waals surface area contributed by atoms with Gasteiger partial charge in [0.25, 0.3) is 0 Å². The number of rotatable bonds is 5. The normalized spacial score (nSPS) is 25.9. The number of nitrogens with zero attached hydrogens (tertiary/aromatic N) is 2. The highest BCUT2D eigenvalue weighted by Crippen LogP contribution is 2.28. The third-order valence-corrected chi connectivity index (χ3v) is 5.20. The van der Waals surface area contributed by atoms with Crippen LogP contribution in [0.3, 0.4) is 0 Å². The fraction of sp³-hybridized carbons (Fsp3) is 0.632. The summed E-state index contributed by atoms with van der Waals surface area (Å²) in [6.07, 6.45) is 2.18. The lowest BCUT2D eigenvalue weighted by Gasteiger charge is -2.22. The van der Waals surface area contributed by atoms with Gasteiger partial charge in [-0.25, -0.2) is 0 Å². The lowest BCUT2D eigenvalue weighted by atomic mass is 9.90. The van der Waals surface area contributed by atoms with Gasteiger partial charge in [0.1, 0.15) is 0 Å². The van der Waals surface area contributed by atoms with Crippen molar-refractivity contribution in [2.45, 2.75) is 32.7 Å². The molecule has 0 saturated carbocycles. The second-order valence-corrected chi connectivity index (χ2v) is 7.80. The van der Waals surface area contributed by atoms with Crippen molar-refractivity contribution in [3.05, 3.63) is 29.3 Å². The number of nitrogens with one attached hydrogen (secondary N) is 2. The Labute approximate surface area is 178 Å². The van der Waals surface area contributed by atoms with Gasteiger partial charge in [-0.15, -0.1) is 24.0 Å². The maximum Gasteiger partial charge on any atom is 0.191 e. The standard InChI is InChI=1S/C19H29ClN4O.HI/c1-3-21-18(22-13-19(2)8-10-25-14-19)23-16-7-9-24(12-16)17-6-4-5-15(20)11-17;/h4-6,11,16H,3,7-10,12-14H2,1-2H3,(H2,21,22,23);1H. The molecule has 2 N–H and O–H groups in total. The van der Waals surface area contributed by atoms with Crippen molar-refractivity contribution >= 4 is 47.2 Å². The van der Waals surface area contributed by atoms with Gasteiger partial charge >= 0.3 is 0 Å². The van der Waals surface area contributed by atoms with Gasteiger partial charge < -0.3 is 20.3 Å². The van der Waals surface area contributed by atoms with E-state index < -0.39 is 0 Å². The molecule has 2 unspecified atom stereocenters. The van der Waals surface area contributed by atoms with Gasteiger partial charge in [0.05, 0.1) is 13.2 Å². The number of anilines is 1. The summed E-state index contributed by atoms with van der Waals surface area (Å²) >= 11 is 6.12. The van der Waals surface area contributed by atoms with Gasteiger partial charge in [-0.1, -0.05) is 24.6 Å². The van der Waals surface area contributed by atoms with Crippen LogP contribution in [0.5, 0.6) is 0 Å². The third-order valence-electron chi connectivity index (χ3n) is 4.97. The molecule has 146 valence electrons. The molecule has 26 heavy (non-hydrogen) atoms. The van der Waals surface area contributed by atoms with E-state index in [9.17, 15) is 0 Å². The molecule has 0 amide bonds. The SMILES string of the molecule is CCNC(=NCC1(C)CCOC1)NC1CCN(c2cccc(Cl)c2)C1.I. The summed E-state index contributed by atoms with van der Waals surface area (Å²) < 4.78 is 5.53. The molecule has 0 radical (unpaired) electrons. The van der Waals surface area contributed by atoms with E-state index in [1.807, 2.05) is 18.2 Å². The van der Waals surface area contributed by atoms with Crippen LogP contribution >= 0.6 is 35.6 Å². The molecule has 0 bridgehead atoms. The van der Waals surface area contributed by atoms with Gasteiger partial charge in [0.15, 0.2) is 5.96 Å². The Hall–Kier alpha value is -0.730. The van der Waals surface area contributed by atoms with Gasteiger partial charge in [-0.3, -0.25) is 4.99 Å². The second kappa shape index (κ2) is 9.99. The Balaban J connectivity index is 0.00000243. The fourth-order valence-electron chi connectivity index (χ4n) is 3.40. The molecular weight excluding hydrogens is 463 g/mol. The predicted molar refractivity (Wildman–Crippen MR) is 120 cm³/mol. The quantitative estimate of drug-likeness (QED) is 0.375. The summed E-state index contributed by atoms with van der Waals surface area (Å²) in [5.74, 6) is 0.911. The molecular formula is C19H30ClIN4O. The molecule has 5 nitrogen and oxygen atoms in total. The van der Waals surface area contributed by atoms with E-state index in [4.69, 9.17) is 21.3 Å². The minimum absolute atomic E-state index is 0. The van der Waals surface area contributed by atoms with Crippen molar-refractivity contribution in [1.29, 1.82) is 0 Å². The minimum Gasteiger partial charge on any atom is -0.381 e. The maximum atomic E-state index is 6.12. The Kier molecular flexibility index (Phi) is 8.29. The Morgan fingerprint density at radius 3 is 3.00 bits per heavy atom. The first-order valence-corrected chi connectivity index (χ1v) is 9.59. The van der Waals surface area contributed by atoms with Crippen LogP contribution in [0, 0.1) is 5.41 Å². The molecule has 3 rings (SSSR count). The first-order chi connectivity index (χ1) is 12.1. The molecule has 2 fully saturated rings. The van der Waals surface area contributed by atoms with Gasteiger partial charge in [0.2, 0.25) is 0 Å². The summed E-state index contributed by atoms with van der Waals surface area (Å²) in [5, 5.41) is 7.76. The van der Waals surface area contributed by atoms with Crippen molar-refractivity contribution in [1.82, 2.24) is 10.6 Å². The summed E-state index contributed by atoms with van der Waals surface area (Å²) in [5.41, 5.74) is 1.36. The molecule has 0 spiro atoms. The minimum atomic E-state index is 0. The monoisotopic (exact) mass is 492 g/mol. The van der Waals surface area contributed by atoms with Gasteiger partial charge in [-0.2, -0.15) is 0 Å². The smallest absolute Gasteiger partial charge is 0.191 e. The summed E-state index contributed by atoms with van der Waals surface area (Å²) in [7, 11) is 0. The van der Waals surface area contributed by atoms with E-state index in [2.05, 4.69) is 35.4 Å². The topological polar surface area (TPSA) is 48.9 Å². The molecule has 2 saturated heterocycles. The number of benzene rings is 1. The van der Waals surface area contributed by atoms with Crippen LogP contribution in [0.4, 0.5) is 5.69 Å². The lowest BCUT2D eigenvalue weighted by molar-refractivity contribution is 0.163. The van der Waals surface area contributed by atoms with Crippen molar-refractivity contribution in [3.63, 3.8) is 0 Å². The number of hydrogen-bond acceptors (Lipinski definition) is 3. The van der Waals surface area contributed by atoms with E-state index in [1.54, 1.807) is 0 Å². The van der Waals surface area contributed by atoms with E-state index in [1.165, 1.54) is 5.69 Å². The van der Waals surface area contributed by atoms with Crippen LogP contribution in [-0.4, -0.2) is 51.4 Å². The highest BCUT2D eigenvalue weighted by molar-refractivity contribution is 14.0. The van der Waals surface area contributed by atoms with Crippen LogP contribution in [0.1, 0.15) is 26.7 Å². The van der Waals surface area contributed by atoms with Crippen molar-refractivity contribution in [2.24, 2.45) is 10.4 Å². The van der Waals surface area contributed by atoms with Crippen LogP contribution < -0.4 is 15.5 Å². The molecule has 1 aromatic rings. The maximum absolute atomic E-state index is 6.12. The lowest BCUT2D eigenvalue weighted by Crippen LogP contribution is -2.45. The van der Waals surface area contributed by atoms with Crippen LogP contribution in [-0.2, 0) is 4.74 Å². The Morgan fingerprint density at radius 1 is 1.46 bits per heavy atom. The first kappa shape index (κ1) is 21.6. The number of hydrogen-bond donors (Lipinski definition) is 2. The largest absolute Gasteiger partial charge is 0.381 e. The van der Waals surface area contributed by atoms with E-state index in [-0.39, 0.29) is 29.4 Å². The predicted octanol–water partition coefficient (Wildman–Crippen LogP) is 3.52. The average Bonchev–Trinajstić information content (AvgIpc) is 3.23. The van der Waals surface area contributed by atoms with Gasteiger partial charge in [-0.05, 0) is 38.0 Å². The van der Waals surface area contributed by atoms with E-state index in [0.29, 0.717) is 6.04 Å². The van der Waals surface area contributed by atoms with Crippen LogP contribution in [0.25, 0.3) is 0 Å². The number of halogens is 2. The first-order valence-electron chi connectivity index (χ1n) is 9.21. The molecule has 2 atom stereocenters. The van der Waals surface area contributed by atoms with Crippen molar-refractivity contribution in [3.8, 4) is 0 Å². The number of ether oxygens (including phenoxy) is 1. The molecule has 1 aromatic carbocycles. The summed E-state index contributed by atoms with van der Waals surface area (Å²) in [6, 6.07) is 8.47. The van der Waals surface area contributed by atoms with Crippen LogP contribution in [0.2, 0.25) is 5.02 Å². The highest BCUT2D eigenvalue weighted by Gasteiger charge is 2.30. The fourth-order valence-corrected chi connectivity index (χ4v) is 3.59. The van der Waals surface area contributed by atoms with Gasteiger partial charge in [0, 0.05) is 48.4 Å². The van der Waals surface area contributed by atoms with Crippen molar-refractivity contribution < 1.29 is 4.74 Å². The molecule has 7 heteroatoms. The second-order valence-electron chi connectivity index (χ2n) is 7.36. The number of aliphatic imine (C=N–C) groups is 1. The molecule has 0 aliphatic carbocycles. The zero-order valence-electron chi connectivity index (χ0n) is 15.6. The van der Waals surface area contributed by atoms with Crippen LogP contribution in [0.15, 0.2) is 29.3 Å². The third kappa shape index (κ3) is 5.89. The molecule has 2 aliphatic heterocycles. The Bertz CT molecular complexity index is 607.